The molecule has 3 aromatic rings. The SMILES string of the molecule is COc1ccc(C2C(CCC(O)c3ccc(F)cc3)C(=O)N2c2ccc(C#N)cc2)cc1. The molecule has 1 aliphatic rings. The lowest BCUT2D eigenvalue weighted by Crippen LogP contribution is -2.55. The number of ether oxygens (including phenoxy) is 1. The van der Waals surface area contributed by atoms with Gasteiger partial charge in [0.05, 0.1) is 36.8 Å². The predicted molar refractivity (Wildman–Crippen MR) is 118 cm³/mol. The number of aliphatic hydroxyl groups excluding tert-OH is 1. The third-order valence-electron chi connectivity index (χ3n) is 5.95. The number of hydrogen-bond acceptors (Lipinski definition) is 4. The number of carbonyl (C=O) groups is 1. The molecule has 3 atom stereocenters. The van der Waals surface area contributed by atoms with Gasteiger partial charge < -0.3 is 14.7 Å². The Morgan fingerprint density at radius 3 is 2.31 bits per heavy atom. The molecule has 3 aromatic carbocycles. The van der Waals surface area contributed by atoms with E-state index in [0.29, 0.717) is 24.0 Å². The average Bonchev–Trinajstić information content (AvgIpc) is 2.83. The predicted octanol–water partition coefficient (Wildman–Crippen LogP) is 4.92. The minimum Gasteiger partial charge on any atom is -0.497 e. The summed E-state index contributed by atoms with van der Waals surface area (Å²) in [5.74, 6) is 0.0522. The molecule has 0 radical (unpaired) electrons. The van der Waals surface area contributed by atoms with Gasteiger partial charge in [0.15, 0.2) is 0 Å². The third kappa shape index (κ3) is 4.20. The number of amides is 1. The largest absolute Gasteiger partial charge is 0.497 e. The number of β-lactam (4-membered cyclic amide) rings is 1. The van der Waals surface area contributed by atoms with E-state index in [0.717, 1.165) is 17.0 Å². The topological polar surface area (TPSA) is 73.6 Å². The van der Waals surface area contributed by atoms with E-state index in [4.69, 9.17) is 10.00 Å². The Morgan fingerprint density at radius 2 is 1.72 bits per heavy atom. The minimum absolute atomic E-state index is 0.0261. The molecule has 1 amide bonds. The lowest BCUT2D eigenvalue weighted by Gasteiger charge is -2.48. The zero-order chi connectivity index (χ0) is 22.7. The molecule has 0 aromatic heterocycles. The van der Waals surface area contributed by atoms with Crippen molar-refractivity contribution in [1.82, 2.24) is 0 Å². The summed E-state index contributed by atoms with van der Waals surface area (Å²) in [5.41, 5.74) is 2.85. The van der Waals surface area contributed by atoms with Crippen LogP contribution < -0.4 is 9.64 Å². The van der Waals surface area contributed by atoms with Crippen molar-refractivity contribution in [2.45, 2.75) is 25.0 Å². The molecule has 6 heteroatoms. The van der Waals surface area contributed by atoms with Gasteiger partial charge in [0, 0.05) is 5.69 Å². The summed E-state index contributed by atoms with van der Waals surface area (Å²) in [6, 6.07) is 22.2. The van der Waals surface area contributed by atoms with Gasteiger partial charge in [0.25, 0.3) is 0 Å². The first-order valence-corrected chi connectivity index (χ1v) is 10.4. The van der Waals surface area contributed by atoms with Gasteiger partial charge in [-0.05, 0) is 72.5 Å². The van der Waals surface area contributed by atoms with Crippen LogP contribution in [0, 0.1) is 23.1 Å². The van der Waals surface area contributed by atoms with E-state index in [2.05, 4.69) is 6.07 Å². The normalized spacial score (nSPS) is 18.6. The van der Waals surface area contributed by atoms with Gasteiger partial charge in [0.1, 0.15) is 11.6 Å². The molecule has 0 aliphatic carbocycles. The van der Waals surface area contributed by atoms with Crippen LogP contribution in [-0.4, -0.2) is 18.1 Å². The van der Waals surface area contributed by atoms with Crippen LogP contribution in [0.1, 0.15) is 41.7 Å². The smallest absolute Gasteiger partial charge is 0.233 e. The molecule has 32 heavy (non-hydrogen) atoms. The Labute approximate surface area is 186 Å². The third-order valence-corrected chi connectivity index (χ3v) is 5.95. The lowest BCUT2D eigenvalue weighted by molar-refractivity contribution is -0.131. The van der Waals surface area contributed by atoms with Gasteiger partial charge >= 0.3 is 0 Å². The number of carbonyl (C=O) groups excluding carboxylic acids is 1. The molecule has 0 bridgehead atoms. The first kappa shape index (κ1) is 21.5. The number of nitriles is 1. The molecule has 5 nitrogen and oxygen atoms in total. The first-order valence-electron chi connectivity index (χ1n) is 10.4. The molecule has 0 saturated carbocycles. The van der Waals surface area contributed by atoms with Crippen molar-refractivity contribution in [3.63, 3.8) is 0 Å². The van der Waals surface area contributed by atoms with Gasteiger partial charge in [-0.15, -0.1) is 0 Å². The summed E-state index contributed by atoms with van der Waals surface area (Å²) >= 11 is 0. The Bertz CT molecular complexity index is 1120. The highest BCUT2D eigenvalue weighted by Gasteiger charge is 2.48. The minimum atomic E-state index is -0.774. The second-order valence-electron chi connectivity index (χ2n) is 7.84. The second kappa shape index (κ2) is 9.21. The maximum atomic E-state index is 13.2. The number of methoxy groups -OCH3 is 1. The first-order chi connectivity index (χ1) is 15.5. The molecule has 3 unspecified atom stereocenters. The fourth-order valence-electron chi connectivity index (χ4n) is 4.19. The molecular formula is C26H23FN2O3. The Morgan fingerprint density at radius 1 is 1.06 bits per heavy atom. The Balaban J connectivity index is 1.56. The van der Waals surface area contributed by atoms with Crippen LogP contribution in [0.2, 0.25) is 0 Å². The van der Waals surface area contributed by atoms with Crippen molar-refractivity contribution in [3.05, 3.63) is 95.3 Å². The number of rotatable bonds is 7. The van der Waals surface area contributed by atoms with Crippen molar-refractivity contribution in [3.8, 4) is 11.8 Å². The highest BCUT2D eigenvalue weighted by molar-refractivity contribution is 6.03. The van der Waals surface area contributed by atoms with E-state index >= 15 is 0 Å². The van der Waals surface area contributed by atoms with E-state index in [1.807, 2.05) is 24.3 Å². The van der Waals surface area contributed by atoms with E-state index in [1.165, 1.54) is 12.1 Å². The quantitative estimate of drug-likeness (QED) is 0.540. The molecular weight excluding hydrogens is 407 g/mol. The van der Waals surface area contributed by atoms with Gasteiger partial charge in [-0.1, -0.05) is 24.3 Å². The van der Waals surface area contributed by atoms with Gasteiger partial charge in [-0.25, -0.2) is 4.39 Å². The Hall–Kier alpha value is -3.69. The zero-order valence-corrected chi connectivity index (χ0v) is 17.6. The van der Waals surface area contributed by atoms with Crippen LogP contribution in [0.5, 0.6) is 5.75 Å². The standard InChI is InChI=1S/C26H23FN2O3/c1-32-22-12-6-19(7-13-22)25-23(14-15-24(30)18-4-8-20(27)9-5-18)26(31)29(25)21-10-2-17(16-28)3-11-21/h2-13,23-25,30H,14-15H2,1H3. The number of anilines is 1. The molecule has 1 fully saturated rings. The maximum absolute atomic E-state index is 13.2. The van der Waals surface area contributed by atoms with E-state index in [9.17, 15) is 14.3 Å². The fourth-order valence-corrected chi connectivity index (χ4v) is 4.19. The van der Waals surface area contributed by atoms with Gasteiger partial charge in [0.2, 0.25) is 5.91 Å². The van der Waals surface area contributed by atoms with Crippen molar-refractivity contribution >= 4 is 11.6 Å². The maximum Gasteiger partial charge on any atom is 0.233 e. The van der Waals surface area contributed by atoms with Crippen LogP contribution >= 0.6 is 0 Å². The summed E-state index contributed by atoms with van der Waals surface area (Å²) in [4.78, 5) is 14.9. The lowest BCUT2D eigenvalue weighted by atomic mass is 9.78. The number of nitrogens with zero attached hydrogens (tertiary/aromatic N) is 2. The highest BCUT2D eigenvalue weighted by Crippen LogP contribution is 2.46. The summed E-state index contributed by atoms with van der Waals surface area (Å²) in [7, 11) is 1.60. The number of benzene rings is 3. The van der Waals surface area contributed by atoms with E-state index in [1.54, 1.807) is 48.4 Å². The van der Waals surface area contributed by atoms with E-state index in [-0.39, 0.29) is 23.7 Å². The average molecular weight is 430 g/mol. The number of hydrogen-bond donors (Lipinski definition) is 1. The van der Waals surface area contributed by atoms with Crippen LogP contribution in [0.15, 0.2) is 72.8 Å². The summed E-state index contributed by atoms with van der Waals surface area (Å²) < 4.78 is 18.4. The number of halogens is 1. The summed E-state index contributed by atoms with van der Waals surface area (Å²) in [6.45, 7) is 0. The second-order valence-corrected chi connectivity index (χ2v) is 7.84. The number of aliphatic hydroxyl groups is 1. The van der Waals surface area contributed by atoms with Crippen LogP contribution in [0.25, 0.3) is 0 Å². The van der Waals surface area contributed by atoms with Crippen molar-refractivity contribution in [2.24, 2.45) is 5.92 Å². The van der Waals surface area contributed by atoms with Crippen LogP contribution in [0.3, 0.4) is 0 Å². The van der Waals surface area contributed by atoms with Crippen molar-refractivity contribution in [2.75, 3.05) is 12.0 Å². The molecule has 162 valence electrons. The Kier molecular flexibility index (Phi) is 6.20. The molecule has 1 aliphatic heterocycles. The van der Waals surface area contributed by atoms with Gasteiger partial charge in [-0.2, -0.15) is 5.26 Å². The molecule has 1 heterocycles. The fraction of sp³-hybridized carbons (Fsp3) is 0.231. The van der Waals surface area contributed by atoms with Crippen molar-refractivity contribution < 1.29 is 19.0 Å². The molecule has 1 N–H and O–H groups in total. The van der Waals surface area contributed by atoms with Crippen LogP contribution in [0.4, 0.5) is 10.1 Å². The summed E-state index contributed by atoms with van der Waals surface area (Å²) in [6.07, 6.45) is 0.0976. The summed E-state index contributed by atoms with van der Waals surface area (Å²) in [5, 5.41) is 19.6. The zero-order valence-electron chi connectivity index (χ0n) is 17.6. The molecule has 4 rings (SSSR count). The van der Waals surface area contributed by atoms with E-state index < -0.39 is 6.10 Å². The van der Waals surface area contributed by atoms with Crippen molar-refractivity contribution in [1.29, 1.82) is 5.26 Å². The monoisotopic (exact) mass is 430 g/mol. The van der Waals surface area contributed by atoms with Gasteiger partial charge in [-0.3, -0.25) is 4.79 Å². The van der Waals surface area contributed by atoms with Crippen LogP contribution in [-0.2, 0) is 4.79 Å². The molecule has 0 spiro atoms. The highest BCUT2D eigenvalue weighted by atomic mass is 19.1. The molecule has 1 saturated heterocycles.